The number of nitrogens with one attached hydrogen (secondary N) is 1. The minimum atomic E-state index is 0.862. The van der Waals surface area contributed by atoms with Crippen LogP contribution in [0.15, 0.2) is 18.3 Å². The lowest BCUT2D eigenvalue weighted by Gasteiger charge is -2.22. The summed E-state index contributed by atoms with van der Waals surface area (Å²) in [5.74, 6) is 0.862. The molecule has 1 fully saturated rings. The number of aromatic nitrogens is 1. The van der Waals surface area contributed by atoms with Gasteiger partial charge in [-0.15, -0.1) is 0 Å². The molecule has 2 rings (SSSR count). The van der Waals surface area contributed by atoms with Crippen molar-refractivity contribution in [3.8, 4) is 0 Å². The summed E-state index contributed by atoms with van der Waals surface area (Å²) >= 11 is 0. The molecule has 1 atom stereocenters. The molecule has 1 aromatic rings. The summed E-state index contributed by atoms with van der Waals surface area (Å²) in [6, 6.07) is 4.40. The van der Waals surface area contributed by atoms with Crippen molar-refractivity contribution in [1.29, 1.82) is 0 Å². The fraction of sp³-hybridized carbons (Fsp3) is 0.643. The average molecular weight is 218 g/mol. The van der Waals surface area contributed by atoms with Crippen molar-refractivity contribution in [2.75, 3.05) is 13.1 Å². The highest BCUT2D eigenvalue weighted by molar-refractivity contribution is 5.13. The lowest BCUT2D eigenvalue weighted by Crippen LogP contribution is -2.29. The Bertz CT molecular complexity index is 299. The van der Waals surface area contributed by atoms with Crippen molar-refractivity contribution in [2.45, 2.75) is 39.0 Å². The minimum Gasteiger partial charge on any atom is -0.316 e. The third-order valence-electron chi connectivity index (χ3n) is 3.50. The predicted octanol–water partition coefficient (Wildman–Crippen LogP) is 2.58. The molecule has 1 aliphatic heterocycles. The summed E-state index contributed by atoms with van der Waals surface area (Å²) in [6.07, 6.45) is 8.25. The molecule has 0 bridgehead atoms. The van der Waals surface area contributed by atoms with E-state index in [1.807, 2.05) is 6.20 Å². The topological polar surface area (TPSA) is 24.9 Å². The molecule has 1 aromatic heterocycles. The first-order chi connectivity index (χ1) is 7.88. The molecule has 88 valence electrons. The first kappa shape index (κ1) is 11.6. The van der Waals surface area contributed by atoms with Crippen molar-refractivity contribution < 1.29 is 0 Å². The Morgan fingerprint density at radius 3 is 3.00 bits per heavy atom. The van der Waals surface area contributed by atoms with E-state index in [2.05, 4.69) is 29.4 Å². The molecule has 1 aliphatic rings. The van der Waals surface area contributed by atoms with Crippen LogP contribution in [0.1, 0.15) is 37.4 Å². The van der Waals surface area contributed by atoms with E-state index in [0.717, 1.165) is 18.8 Å². The summed E-state index contributed by atoms with van der Waals surface area (Å²) in [7, 11) is 0. The van der Waals surface area contributed by atoms with E-state index in [1.54, 1.807) is 0 Å². The molecular formula is C14H22N2. The lowest BCUT2D eigenvalue weighted by molar-refractivity contribution is 0.357. The molecule has 0 radical (unpaired) electrons. The maximum absolute atomic E-state index is 4.51. The van der Waals surface area contributed by atoms with Gasteiger partial charge in [0.25, 0.3) is 0 Å². The van der Waals surface area contributed by atoms with Gasteiger partial charge in [-0.05, 0) is 62.7 Å². The van der Waals surface area contributed by atoms with Gasteiger partial charge in [-0.25, -0.2) is 0 Å². The highest BCUT2D eigenvalue weighted by atomic mass is 14.9. The molecule has 0 saturated carbocycles. The van der Waals surface area contributed by atoms with E-state index >= 15 is 0 Å². The molecule has 0 aliphatic carbocycles. The van der Waals surface area contributed by atoms with Crippen LogP contribution >= 0.6 is 0 Å². The monoisotopic (exact) mass is 218 g/mol. The number of rotatable bonds is 4. The van der Waals surface area contributed by atoms with Gasteiger partial charge in [-0.2, -0.15) is 0 Å². The molecule has 1 saturated heterocycles. The summed E-state index contributed by atoms with van der Waals surface area (Å²) in [4.78, 5) is 4.51. The Hall–Kier alpha value is -0.890. The van der Waals surface area contributed by atoms with Crippen LogP contribution in [0, 0.1) is 5.92 Å². The van der Waals surface area contributed by atoms with Gasteiger partial charge in [0, 0.05) is 11.9 Å². The number of nitrogens with zero attached hydrogens (tertiary/aromatic N) is 1. The number of aryl methyl sites for hydroxylation is 2. The Morgan fingerprint density at radius 2 is 2.38 bits per heavy atom. The molecule has 16 heavy (non-hydrogen) atoms. The fourth-order valence-corrected chi connectivity index (χ4v) is 2.33. The molecule has 0 spiro atoms. The molecule has 2 heterocycles. The second-order valence-electron chi connectivity index (χ2n) is 4.76. The van der Waals surface area contributed by atoms with Crippen molar-refractivity contribution >= 4 is 0 Å². The Morgan fingerprint density at radius 1 is 1.44 bits per heavy atom. The van der Waals surface area contributed by atoms with E-state index in [0.29, 0.717) is 0 Å². The molecular weight excluding hydrogens is 196 g/mol. The second-order valence-corrected chi connectivity index (χ2v) is 4.76. The molecule has 2 heteroatoms. The third-order valence-corrected chi connectivity index (χ3v) is 3.50. The van der Waals surface area contributed by atoms with Crippen molar-refractivity contribution in [3.63, 3.8) is 0 Å². The molecule has 1 N–H and O–H groups in total. The normalized spacial score (nSPS) is 20.9. The quantitative estimate of drug-likeness (QED) is 0.840. The summed E-state index contributed by atoms with van der Waals surface area (Å²) in [6.45, 7) is 4.58. The third kappa shape index (κ3) is 3.31. The highest BCUT2D eigenvalue weighted by Crippen LogP contribution is 2.16. The van der Waals surface area contributed by atoms with Gasteiger partial charge in [-0.1, -0.05) is 13.0 Å². The van der Waals surface area contributed by atoms with E-state index in [9.17, 15) is 0 Å². The molecule has 0 amide bonds. The second kappa shape index (κ2) is 6.00. The Kier molecular flexibility index (Phi) is 4.34. The van der Waals surface area contributed by atoms with Gasteiger partial charge < -0.3 is 5.32 Å². The maximum atomic E-state index is 4.51. The maximum Gasteiger partial charge on any atom is 0.0403 e. The Balaban J connectivity index is 1.79. The van der Waals surface area contributed by atoms with Crippen LogP contribution in [0.2, 0.25) is 0 Å². The number of hydrogen-bond donors (Lipinski definition) is 1. The van der Waals surface area contributed by atoms with Crippen LogP contribution in [-0.2, 0) is 12.8 Å². The minimum absolute atomic E-state index is 0.862. The number of hydrogen-bond acceptors (Lipinski definition) is 2. The van der Waals surface area contributed by atoms with Crippen molar-refractivity contribution in [2.24, 2.45) is 5.92 Å². The van der Waals surface area contributed by atoms with Crippen LogP contribution in [0.3, 0.4) is 0 Å². The molecule has 0 aromatic carbocycles. The van der Waals surface area contributed by atoms with E-state index in [4.69, 9.17) is 0 Å². The molecule has 2 nitrogen and oxygen atoms in total. The van der Waals surface area contributed by atoms with Crippen LogP contribution in [0.4, 0.5) is 0 Å². The van der Waals surface area contributed by atoms with Gasteiger partial charge in [0.1, 0.15) is 0 Å². The van der Waals surface area contributed by atoms with Crippen LogP contribution < -0.4 is 5.32 Å². The van der Waals surface area contributed by atoms with Crippen molar-refractivity contribution in [3.05, 3.63) is 29.6 Å². The highest BCUT2D eigenvalue weighted by Gasteiger charge is 2.12. The number of piperidine rings is 1. The standard InChI is InChI=1S/C14H22N2/c1-2-12-5-7-14(16-11-12)8-6-13-4-3-9-15-10-13/h5,7,11,13,15H,2-4,6,8-10H2,1H3. The van der Waals surface area contributed by atoms with E-state index in [-0.39, 0.29) is 0 Å². The SMILES string of the molecule is CCc1ccc(CCC2CCCNC2)nc1. The van der Waals surface area contributed by atoms with Crippen LogP contribution in [0.5, 0.6) is 0 Å². The van der Waals surface area contributed by atoms with Gasteiger partial charge >= 0.3 is 0 Å². The lowest BCUT2D eigenvalue weighted by atomic mass is 9.94. The summed E-state index contributed by atoms with van der Waals surface area (Å²) in [5.41, 5.74) is 2.59. The van der Waals surface area contributed by atoms with Crippen LogP contribution in [0.25, 0.3) is 0 Å². The summed E-state index contributed by atoms with van der Waals surface area (Å²) in [5, 5.41) is 3.47. The Labute approximate surface area is 98.5 Å². The van der Waals surface area contributed by atoms with E-state index < -0.39 is 0 Å². The van der Waals surface area contributed by atoms with E-state index in [1.165, 1.54) is 43.6 Å². The zero-order chi connectivity index (χ0) is 11.2. The largest absolute Gasteiger partial charge is 0.316 e. The van der Waals surface area contributed by atoms with Gasteiger partial charge in [-0.3, -0.25) is 4.98 Å². The van der Waals surface area contributed by atoms with Crippen molar-refractivity contribution in [1.82, 2.24) is 10.3 Å². The summed E-state index contributed by atoms with van der Waals surface area (Å²) < 4.78 is 0. The molecule has 1 unspecified atom stereocenters. The first-order valence-corrected chi connectivity index (χ1v) is 6.53. The van der Waals surface area contributed by atoms with Gasteiger partial charge in [0.2, 0.25) is 0 Å². The zero-order valence-corrected chi connectivity index (χ0v) is 10.2. The fourth-order valence-electron chi connectivity index (χ4n) is 2.33. The zero-order valence-electron chi connectivity index (χ0n) is 10.2. The van der Waals surface area contributed by atoms with Gasteiger partial charge in [0.15, 0.2) is 0 Å². The van der Waals surface area contributed by atoms with Gasteiger partial charge in [0.05, 0.1) is 0 Å². The smallest absolute Gasteiger partial charge is 0.0403 e. The predicted molar refractivity (Wildman–Crippen MR) is 67.5 cm³/mol. The first-order valence-electron chi connectivity index (χ1n) is 6.53. The number of pyridine rings is 1. The average Bonchev–Trinajstić information content (AvgIpc) is 2.38. The van der Waals surface area contributed by atoms with Crippen LogP contribution in [-0.4, -0.2) is 18.1 Å².